The highest BCUT2D eigenvalue weighted by atomic mass is 35.5. The lowest BCUT2D eigenvalue weighted by Gasteiger charge is -2.31. The Balaban J connectivity index is 1.66. The van der Waals surface area contributed by atoms with Gasteiger partial charge in [0, 0.05) is 51.1 Å². The number of rotatable bonds is 4. The highest BCUT2D eigenvalue weighted by Crippen LogP contribution is 2.22. The number of urea groups is 1. The van der Waals surface area contributed by atoms with Crippen molar-refractivity contribution in [3.63, 3.8) is 0 Å². The summed E-state index contributed by atoms with van der Waals surface area (Å²) in [5.41, 5.74) is 3.49. The fraction of sp³-hybridized carbons (Fsp3) is 0.350. The van der Waals surface area contributed by atoms with Crippen molar-refractivity contribution in [2.45, 2.75) is 19.4 Å². The number of pyridine rings is 1. The number of hydrogen-bond donors (Lipinski definition) is 1. The lowest BCUT2D eigenvalue weighted by atomic mass is 9.97. The van der Waals surface area contributed by atoms with E-state index in [-0.39, 0.29) is 11.9 Å². The second kappa shape index (κ2) is 8.39. The van der Waals surface area contributed by atoms with E-state index in [4.69, 9.17) is 11.6 Å². The van der Waals surface area contributed by atoms with Crippen LogP contribution in [0, 0.1) is 0 Å². The van der Waals surface area contributed by atoms with Crippen molar-refractivity contribution in [1.29, 1.82) is 0 Å². The zero-order chi connectivity index (χ0) is 19.4. The SMILES string of the molecule is CN(C)C(=O)N1CCc2c(cncc2C(=O)NCCc2ccccc2Cl)C1. The summed E-state index contributed by atoms with van der Waals surface area (Å²) in [6, 6.07) is 7.58. The fourth-order valence-corrected chi connectivity index (χ4v) is 3.47. The maximum Gasteiger partial charge on any atom is 0.319 e. The highest BCUT2D eigenvalue weighted by molar-refractivity contribution is 6.31. The normalized spacial score (nSPS) is 13.1. The van der Waals surface area contributed by atoms with E-state index in [2.05, 4.69) is 10.3 Å². The van der Waals surface area contributed by atoms with Gasteiger partial charge in [-0.3, -0.25) is 9.78 Å². The molecule has 1 aliphatic heterocycles. The van der Waals surface area contributed by atoms with Crippen LogP contribution in [0.3, 0.4) is 0 Å². The molecule has 3 amide bonds. The molecule has 0 saturated heterocycles. The zero-order valence-electron chi connectivity index (χ0n) is 15.5. The minimum absolute atomic E-state index is 0.0322. The maximum atomic E-state index is 12.6. The van der Waals surface area contributed by atoms with Crippen molar-refractivity contribution in [2.75, 3.05) is 27.2 Å². The van der Waals surface area contributed by atoms with Gasteiger partial charge in [0.1, 0.15) is 0 Å². The Kier molecular flexibility index (Phi) is 5.96. The van der Waals surface area contributed by atoms with Crippen LogP contribution in [0.4, 0.5) is 4.79 Å². The predicted octanol–water partition coefficient (Wildman–Crippen LogP) is 2.75. The molecule has 3 rings (SSSR count). The molecule has 0 unspecified atom stereocenters. The molecule has 142 valence electrons. The standard InChI is InChI=1S/C20H23ClN4O2/c1-24(2)20(27)25-10-8-16-15(13-25)11-22-12-17(16)19(26)23-9-7-14-5-3-4-6-18(14)21/h3-6,11-12H,7-10,13H2,1-2H3,(H,23,26). The minimum atomic E-state index is -0.140. The molecule has 2 aromatic rings. The summed E-state index contributed by atoms with van der Waals surface area (Å²) in [4.78, 5) is 32.3. The number of benzene rings is 1. The second-order valence-electron chi connectivity index (χ2n) is 6.77. The van der Waals surface area contributed by atoms with Crippen molar-refractivity contribution in [3.8, 4) is 0 Å². The van der Waals surface area contributed by atoms with Gasteiger partial charge in [-0.05, 0) is 35.6 Å². The summed E-state index contributed by atoms with van der Waals surface area (Å²) in [6.07, 6.45) is 4.65. The summed E-state index contributed by atoms with van der Waals surface area (Å²) >= 11 is 6.15. The van der Waals surface area contributed by atoms with Crippen LogP contribution >= 0.6 is 11.6 Å². The van der Waals surface area contributed by atoms with Crippen LogP contribution in [0.5, 0.6) is 0 Å². The molecule has 27 heavy (non-hydrogen) atoms. The summed E-state index contributed by atoms with van der Waals surface area (Å²) in [5.74, 6) is -0.140. The lowest BCUT2D eigenvalue weighted by molar-refractivity contribution is 0.0952. The molecule has 2 heterocycles. The van der Waals surface area contributed by atoms with Gasteiger partial charge in [0.15, 0.2) is 0 Å². The smallest absolute Gasteiger partial charge is 0.319 e. The van der Waals surface area contributed by atoms with Crippen molar-refractivity contribution in [2.24, 2.45) is 0 Å². The number of halogens is 1. The number of nitrogens with zero attached hydrogens (tertiary/aromatic N) is 3. The van der Waals surface area contributed by atoms with Gasteiger partial charge in [-0.1, -0.05) is 29.8 Å². The van der Waals surface area contributed by atoms with Crippen LogP contribution in [0.15, 0.2) is 36.7 Å². The molecule has 0 bridgehead atoms. The fourth-order valence-electron chi connectivity index (χ4n) is 3.24. The van der Waals surface area contributed by atoms with E-state index in [1.165, 1.54) is 0 Å². The number of carbonyl (C=O) groups excluding carboxylic acids is 2. The zero-order valence-corrected chi connectivity index (χ0v) is 16.3. The Hall–Kier alpha value is -2.60. The largest absolute Gasteiger partial charge is 0.352 e. The quantitative estimate of drug-likeness (QED) is 0.878. The van der Waals surface area contributed by atoms with Gasteiger partial charge >= 0.3 is 6.03 Å². The molecule has 1 aliphatic rings. The maximum absolute atomic E-state index is 12.6. The van der Waals surface area contributed by atoms with Gasteiger partial charge in [0.2, 0.25) is 0 Å². The third kappa shape index (κ3) is 4.39. The van der Waals surface area contributed by atoms with Crippen molar-refractivity contribution >= 4 is 23.5 Å². The number of fused-ring (bicyclic) bond motifs is 1. The van der Waals surface area contributed by atoms with E-state index < -0.39 is 0 Å². The number of hydrogen-bond acceptors (Lipinski definition) is 3. The number of aromatic nitrogens is 1. The summed E-state index contributed by atoms with van der Waals surface area (Å²) < 4.78 is 0. The van der Waals surface area contributed by atoms with E-state index in [9.17, 15) is 9.59 Å². The second-order valence-corrected chi connectivity index (χ2v) is 7.18. The first-order chi connectivity index (χ1) is 13.0. The topological polar surface area (TPSA) is 65.5 Å². The molecule has 1 N–H and O–H groups in total. The van der Waals surface area contributed by atoms with Gasteiger partial charge in [-0.2, -0.15) is 0 Å². The molecule has 7 heteroatoms. The molecule has 1 aromatic heterocycles. The average molecular weight is 387 g/mol. The Morgan fingerprint density at radius 2 is 2.04 bits per heavy atom. The Morgan fingerprint density at radius 1 is 1.26 bits per heavy atom. The lowest BCUT2D eigenvalue weighted by Crippen LogP contribution is -2.42. The van der Waals surface area contributed by atoms with Crippen molar-refractivity contribution in [1.82, 2.24) is 20.1 Å². The number of nitrogens with one attached hydrogen (secondary N) is 1. The van der Waals surface area contributed by atoms with E-state index >= 15 is 0 Å². The molecule has 0 radical (unpaired) electrons. The van der Waals surface area contributed by atoms with Crippen LogP contribution in [-0.2, 0) is 19.4 Å². The molecule has 1 aromatic carbocycles. The van der Waals surface area contributed by atoms with E-state index in [0.717, 1.165) is 16.7 Å². The van der Waals surface area contributed by atoms with Gasteiger partial charge < -0.3 is 15.1 Å². The molecule has 0 aliphatic carbocycles. The summed E-state index contributed by atoms with van der Waals surface area (Å²) in [5, 5.41) is 3.66. The third-order valence-electron chi connectivity index (χ3n) is 4.68. The molecule has 0 fully saturated rings. The van der Waals surface area contributed by atoms with Gasteiger partial charge in [-0.15, -0.1) is 0 Å². The van der Waals surface area contributed by atoms with Crippen molar-refractivity contribution < 1.29 is 9.59 Å². The molecule has 0 spiro atoms. The van der Waals surface area contributed by atoms with Gasteiger partial charge in [-0.25, -0.2) is 4.79 Å². The Morgan fingerprint density at radius 3 is 2.78 bits per heavy atom. The van der Waals surface area contributed by atoms with Crippen LogP contribution in [0.1, 0.15) is 27.0 Å². The monoisotopic (exact) mass is 386 g/mol. The van der Waals surface area contributed by atoms with Crippen LogP contribution < -0.4 is 5.32 Å². The third-order valence-corrected chi connectivity index (χ3v) is 5.04. The molecule has 0 saturated carbocycles. The molecular weight excluding hydrogens is 364 g/mol. The van der Waals surface area contributed by atoms with E-state index in [0.29, 0.717) is 43.1 Å². The molecular formula is C20H23ClN4O2. The van der Waals surface area contributed by atoms with Gasteiger partial charge in [0.05, 0.1) is 5.56 Å². The van der Waals surface area contributed by atoms with E-state index in [1.54, 1.807) is 36.3 Å². The highest BCUT2D eigenvalue weighted by Gasteiger charge is 2.25. The number of carbonyl (C=O) groups is 2. The Bertz CT molecular complexity index is 854. The molecule has 0 atom stereocenters. The summed E-state index contributed by atoms with van der Waals surface area (Å²) in [7, 11) is 3.47. The minimum Gasteiger partial charge on any atom is -0.352 e. The first kappa shape index (κ1) is 19.2. The van der Waals surface area contributed by atoms with Gasteiger partial charge in [0.25, 0.3) is 5.91 Å². The first-order valence-corrected chi connectivity index (χ1v) is 9.28. The summed E-state index contributed by atoms with van der Waals surface area (Å²) in [6.45, 7) is 1.56. The number of amides is 3. The Labute approximate surface area is 164 Å². The average Bonchev–Trinajstić information content (AvgIpc) is 2.67. The van der Waals surface area contributed by atoms with Crippen LogP contribution in [0.25, 0.3) is 0 Å². The molecule has 6 nitrogen and oxygen atoms in total. The first-order valence-electron chi connectivity index (χ1n) is 8.91. The van der Waals surface area contributed by atoms with Crippen LogP contribution in [0.2, 0.25) is 5.02 Å². The van der Waals surface area contributed by atoms with Crippen LogP contribution in [-0.4, -0.2) is 53.9 Å². The predicted molar refractivity (Wildman–Crippen MR) is 105 cm³/mol. The van der Waals surface area contributed by atoms with Crippen molar-refractivity contribution in [3.05, 3.63) is 63.9 Å². The van der Waals surface area contributed by atoms with E-state index in [1.807, 2.05) is 24.3 Å².